The Morgan fingerprint density at radius 1 is 1.17 bits per heavy atom. The van der Waals surface area contributed by atoms with Gasteiger partial charge >= 0.3 is 6.01 Å². The molecule has 2 aliphatic rings. The molecule has 2 aromatic rings. The summed E-state index contributed by atoms with van der Waals surface area (Å²) in [5.41, 5.74) is 0.519. The summed E-state index contributed by atoms with van der Waals surface area (Å²) in [6.45, 7) is 5.11. The summed E-state index contributed by atoms with van der Waals surface area (Å²) in [5.74, 6) is 0.486. The van der Waals surface area contributed by atoms with Crippen LogP contribution in [0.1, 0.15) is 32.6 Å². The van der Waals surface area contributed by atoms with Gasteiger partial charge in [0.25, 0.3) is 0 Å². The number of anilines is 3. The van der Waals surface area contributed by atoms with E-state index in [0.29, 0.717) is 23.6 Å². The summed E-state index contributed by atoms with van der Waals surface area (Å²) in [4.78, 5) is 15.6. The highest BCUT2D eigenvalue weighted by molar-refractivity contribution is 5.56. The minimum atomic E-state index is -0.458. The van der Waals surface area contributed by atoms with E-state index in [9.17, 15) is 4.39 Å². The van der Waals surface area contributed by atoms with Crippen molar-refractivity contribution in [3.8, 4) is 11.8 Å². The quantitative estimate of drug-likeness (QED) is 0.662. The summed E-state index contributed by atoms with van der Waals surface area (Å²) in [6, 6.07) is 5.35. The van der Waals surface area contributed by atoms with Crippen LogP contribution in [0.25, 0.3) is 0 Å². The van der Waals surface area contributed by atoms with Gasteiger partial charge in [-0.05, 0) is 50.9 Å². The van der Waals surface area contributed by atoms with Crippen LogP contribution in [0.3, 0.4) is 0 Å². The second kappa shape index (κ2) is 8.77. The molecule has 1 aliphatic heterocycles. The third-order valence-corrected chi connectivity index (χ3v) is 5.22. The summed E-state index contributed by atoms with van der Waals surface area (Å²) in [5, 5.41) is 6.35. The van der Waals surface area contributed by atoms with Gasteiger partial charge in [0.15, 0.2) is 11.6 Å². The lowest BCUT2D eigenvalue weighted by Gasteiger charge is -2.23. The van der Waals surface area contributed by atoms with E-state index in [2.05, 4.69) is 37.4 Å². The third-order valence-electron chi connectivity index (χ3n) is 5.22. The maximum Gasteiger partial charge on any atom is 0.323 e. The van der Waals surface area contributed by atoms with Crippen molar-refractivity contribution >= 4 is 17.6 Å². The van der Waals surface area contributed by atoms with Gasteiger partial charge in [0.1, 0.15) is 6.10 Å². The molecular weight excluding hydrogens is 375 g/mol. The molecule has 0 bridgehead atoms. The zero-order valence-corrected chi connectivity index (χ0v) is 16.8. The molecule has 1 aromatic heterocycles. The van der Waals surface area contributed by atoms with Gasteiger partial charge < -0.3 is 20.1 Å². The molecule has 1 atom stereocenters. The van der Waals surface area contributed by atoms with Crippen molar-refractivity contribution in [1.82, 2.24) is 19.9 Å². The summed E-state index contributed by atoms with van der Waals surface area (Å²) < 4.78 is 24.7. The molecule has 4 rings (SSSR count). The highest BCUT2D eigenvalue weighted by atomic mass is 19.1. The number of hydrogen-bond donors (Lipinski definition) is 2. The van der Waals surface area contributed by atoms with E-state index in [1.807, 2.05) is 0 Å². The minimum absolute atomic E-state index is 0.168. The minimum Gasteiger partial charge on any atom is -0.494 e. The molecule has 29 heavy (non-hydrogen) atoms. The fourth-order valence-corrected chi connectivity index (χ4v) is 3.50. The Bertz CT molecular complexity index is 848. The van der Waals surface area contributed by atoms with E-state index in [4.69, 9.17) is 9.47 Å². The number of nitrogens with zero attached hydrogens (tertiary/aromatic N) is 4. The molecule has 0 radical (unpaired) electrons. The highest BCUT2D eigenvalue weighted by Gasteiger charge is 2.26. The maximum absolute atomic E-state index is 14.0. The largest absolute Gasteiger partial charge is 0.494 e. The van der Waals surface area contributed by atoms with Crippen molar-refractivity contribution < 1.29 is 13.9 Å². The number of nitrogens with one attached hydrogen (secondary N) is 2. The smallest absolute Gasteiger partial charge is 0.323 e. The summed E-state index contributed by atoms with van der Waals surface area (Å²) in [7, 11) is 1.43. The lowest BCUT2D eigenvalue weighted by molar-refractivity contribution is 0.274. The van der Waals surface area contributed by atoms with Gasteiger partial charge in [-0.2, -0.15) is 15.0 Å². The SMILES string of the molecule is CCN1CCCC1CNc1nc(Nc2ccc(OC)c(F)c2)nc(OC2CC2)n1. The van der Waals surface area contributed by atoms with E-state index in [1.165, 1.54) is 19.6 Å². The summed E-state index contributed by atoms with van der Waals surface area (Å²) in [6.07, 6.45) is 4.56. The monoisotopic (exact) mass is 402 g/mol. The molecule has 8 nitrogen and oxygen atoms in total. The van der Waals surface area contributed by atoms with Crippen molar-refractivity contribution in [3.63, 3.8) is 0 Å². The van der Waals surface area contributed by atoms with Gasteiger partial charge in [0.05, 0.1) is 7.11 Å². The Kier molecular flexibility index (Phi) is 5.94. The fraction of sp³-hybridized carbons (Fsp3) is 0.550. The molecule has 0 amide bonds. The summed E-state index contributed by atoms with van der Waals surface area (Å²) >= 11 is 0. The molecule has 1 unspecified atom stereocenters. The average Bonchev–Trinajstić information content (AvgIpc) is 3.40. The van der Waals surface area contributed by atoms with Gasteiger partial charge in [0, 0.05) is 24.3 Å². The van der Waals surface area contributed by atoms with Crippen LogP contribution in [0, 0.1) is 5.82 Å². The van der Waals surface area contributed by atoms with E-state index in [-0.39, 0.29) is 17.9 Å². The lowest BCUT2D eigenvalue weighted by Crippen LogP contribution is -2.35. The number of likely N-dealkylation sites (tertiary alicyclic amines) is 1. The van der Waals surface area contributed by atoms with E-state index in [0.717, 1.165) is 38.9 Å². The number of methoxy groups -OCH3 is 1. The second-order valence-electron chi connectivity index (χ2n) is 7.36. The van der Waals surface area contributed by atoms with Crippen LogP contribution in [0.5, 0.6) is 11.8 Å². The molecule has 1 aliphatic carbocycles. The van der Waals surface area contributed by atoms with Crippen molar-refractivity contribution in [1.29, 1.82) is 0 Å². The number of rotatable bonds is 9. The highest BCUT2D eigenvalue weighted by Crippen LogP contribution is 2.27. The van der Waals surface area contributed by atoms with Crippen molar-refractivity contribution in [2.45, 2.75) is 44.8 Å². The molecule has 1 saturated carbocycles. The number of halogens is 1. The van der Waals surface area contributed by atoms with Gasteiger partial charge in [-0.3, -0.25) is 4.90 Å². The predicted octanol–water partition coefficient (Wildman–Crippen LogP) is 3.20. The molecule has 2 N–H and O–H groups in total. The number of likely N-dealkylation sites (N-methyl/N-ethyl adjacent to an activating group) is 1. The van der Waals surface area contributed by atoms with Crippen LogP contribution in [-0.4, -0.2) is 58.7 Å². The number of benzene rings is 1. The normalized spacial score (nSPS) is 19.2. The molecule has 0 spiro atoms. The number of hydrogen-bond acceptors (Lipinski definition) is 8. The van der Waals surface area contributed by atoms with Crippen LogP contribution < -0.4 is 20.1 Å². The average molecular weight is 402 g/mol. The van der Waals surface area contributed by atoms with Crippen LogP contribution >= 0.6 is 0 Å². The molecule has 156 valence electrons. The van der Waals surface area contributed by atoms with Crippen molar-refractivity contribution in [2.75, 3.05) is 37.4 Å². The van der Waals surface area contributed by atoms with Gasteiger partial charge in [-0.1, -0.05) is 6.92 Å². The van der Waals surface area contributed by atoms with Gasteiger partial charge in [-0.25, -0.2) is 4.39 Å². The van der Waals surface area contributed by atoms with E-state index < -0.39 is 5.82 Å². The van der Waals surface area contributed by atoms with Crippen LogP contribution in [0.4, 0.5) is 22.0 Å². The molecular formula is C20H27FN6O2. The van der Waals surface area contributed by atoms with Crippen LogP contribution in [-0.2, 0) is 0 Å². The van der Waals surface area contributed by atoms with Crippen molar-refractivity contribution in [3.05, 3.63) is 24.0 Å². The predicted molar refractivity (Wildman–Crippen MR) is 108 cm³/mol. The molecule has 1 saturated heterocycles. The van der Waals surface area contributed by atoms with E-state index >= 15 is 0 Å². The Morgan fingerprint density at radius 3 is 2.72 bits per heavy atom. The Hall–Kier alpha value is -2.68. The molecule has 2 fully saturated rings. The topological polar surface area (TPSA) is 84.4 Å². The van der Waals surface area contributed by atoms with Gasteiger partial charge in [0.2, 0.25) is 11.9 Å². The molecule has 9 heteroatoms. The number of ether oxygens (including phenoxy) is 2. The second-order valence-corrected chi connectivity index (χ2v) is 7.36. The zero-order valence-electron chi connectivity index (χ0n) is 16.8. The first kappa shape index (κ1) is 19.6. The standard InChI is InChI=1S/C20H27FN6O2/c1-3-27-10-4-5-14(27)12-22-18-24-19(26-20(25-18)29-15-7-8-15)23-13-6-9-17(28-2)16(21)11-13/h6,9,11,14-15H,3-5,7-8,10,12H2,1-2H3,(H2,22,23,24,25,26). The van der Waals surface area contributed by atoms with Crippen LogP contribution in [0.15, 0.2) is 18.2 Å². The lowest BCUT2D eigenvalue weighted by atomic mass is 10.2. The van der Waals surface area contributed by atoms with E-state index in [1.54, 1.807) is 12.1 Å². The maximum atomic E-state index is 14.0. The van der Waals surface area contributed by atoms with Crippen LogP contribution in [0.2, 0.25) is 0 Å². The first-order valence-electron chi connectivity index (χ1n) is 10.2. The molecule has 2 heterocycles. The number of aromatic nitrogens is 3. The van der Waals surface area contributed by atoms with Gasteiger partial charge in [-0.15, -0.1) is 0 Å². The third kappa shape index (κ3) is 5.03. The van der Waals surface area contributed by atoms with Crippen molar-refractivity contribution in [2.24, 2.45) is 0 Å². The first-order valence-corrected chi connectivity index (χ1v) is 10.2. The zero-order chi connectivity index (χ0) is 20.2. The first-order chi connectivity index (χ1) is 14.1. The fourth-order valence-electron chi connectivity index (χ4n) is 3.50. The molecule has 1 aromatic carbocycles. The Balaban J connectivity index is 1.49. The Labute approximate surface area is 169 Å². The Morgan fingerprint density at radius 2 is 2.00 bits per heavy atom.